The average molecular weight is 332 g/mol. The molecular formula is C19H16N4O2. The number of hydrogen-bond donors (Lipinski definition) is 1. The minimum Gasteiger partial charge on any atom is -0.464 e. The van der Waals surface area contributed by atoms with Crippen LogP contribution in [0, 0.1) is 18.3 Å². The minimum absolute atomic E-state index is 0.257. The first-order valence-corrected chi connectivity index (χ1v) is 7.71. The molecule has 0 fully saturated rings. The van der Waals surface area contributed by atoms with Crippen molar-refractivity contribution in [3.05, 3.63) is 77.9 Å². The van der Waals surface area contributed by atoms with Crippen molar-refractivity contribution in [1.29, 1.82) is 5.26 Å². The Morgan fingerprint density at radius 1 is 1.20 bits per heavy atom. The number of carbonyl (C=O) groups excluding carboxylic acids is 1. The maximum absolute atomic E-state index is 12.7. The van der Waals surface area contributed by atoms with Crippen LogP contribution in [0.5, 0.6) is 0 Å². The lowest BCUT2D eigenvalue weighted by molar-refractivity contribution is 0.256. The number of pyridine rings is 1. The minimum atomic E-state index is -0.336. The molecular weight excluding hydrogens is 316 g/mol. The van der Waals surface area contributed by atoms with Crippen molar-refractivity contribution in [3.8, 4) is 6.07 Å². The highest BCUT2D eigenvalue weighted by molar-refractivity contribution is 6.01. The summed E-state index contributed by atoms with van der Waals surface area (Å²) in [5.41, 5.74) is 1.13. The van der Waals surface area contributed by atoms with E-state index in [4.69, 9.17) is 9.68 Å². The molecule has 1 aromatic carbocycles. The zero-order valence-electron chi connectivity index (χ0n) is 13.6. The molecule has 2 amide bonds. The summed E-state index contributed by atoms with van der Waals surface area (Å²) >= 11 is 0. The van der Waals surface area contributed by atoms with E-state index in [-0.39, 0.29) is 12.6 Å². The summed E-state index contributed by atoms with van der Waals surface area (Å²) < 4.78 is 5.58. The zero-order chi connectivity index (χ0) is 17.6. The number of benzene rings is 1. The van der Waals surface area contributed by atoms with Gasteiger partial charge in [-0.1, -0.05) is 6.07 Å². The van der Waals surface area contributed by atoms with Gasteiger partial charge in [0.25, 0.3) is 0 Å². The van der Waals surface area contributed by atoms with E-state index < -0.39 is 0 Å². The molecule has 0 unspecified atom stereocenters. The SMILES string of the molecule is Cc1ccc(CN(C(=O)Nc2ccc(C#N)cc2)c2ccccn2)o1. The van der Waals surface area contributed by atoms with E-state index in [0.29, 0.717) is 22.8 Å². The van der Waals surface area contributed by atoms with E-state index >= 15 is 0 Å². The second-order valence-corrected chi connectivity index (χ2v) is 5.41. The predicted octanol–water partition coefficient (Wildman–Crippen LogP) is 4.09. The standard InChI is InChI=1S/C19H16N4O2/c1-14-5-10-17(25-14)13-23(18-4-2-3-11-21-18)19(24)22-16-8-6-15(12-20)7-9-16/h2-11H,13H2,1H3,(H,22,24). The Hall–Kier alpha value is -3.59. The van der Waals surface area contributed by atoms with Crippen molar-refractivity contribution in [1.82, 2.24) is 4.98 Å². The van der Waals surface area contributed by atoms with Crippen LogP contribution in [-0.4, -0.2) is 11.0 Å². The molecule has 3 rings (SSSR count). The number of carbonyl (C=O) groups is 1. The van der Waals surface area contributed by atoms with Crippen LogP contribution < -0.4 is 10.2 Å². The molecule has 0 aliphatic carbocycles. The summed E-state index contributed by atoms with van der Waals surface area (Å²) in [7, 11) is 0. The van der Waals surface area contributed by atoms with Gasteiger partial charge in [0, 0.05) is 11.9 Å². The smallest absolute Gasteiger partial charge is 0.327 e. The summed E-state index contributed by atoms with van der Waals surface area (Å²) in [6.07, 6.45) is 1.63. The molecule has 6 heteroatoms. The van der Waals surface area contributed by atoms with Crippen molar-refractivity contribution in [2.45, 2.75) is 13.5 Å². The Balaban J connectivity index is 1.82. The molecule has 3 aromatic rings. The van der Waals surface area contributed by atoms with Crippen LogP contribution in [-0.2, 0) is 6.54 Å². The first kappa shape index (κ1) is 16.3. The number of hydrogen-bond acceptors (Lipinski definition) is 4. The van der Waals surface area contributed by atoms with Crippen LogP contribution >= 0.6 is 0 Å². The van der Waals surface area contributed by atoms with Crippen LogP contribution in [0.4, 0.5) is 16.3 Å². The number of amides is 2. The maximum Gasteiger partial charge on any atom is 0.327 e. The largest absolute Gasteiger partial charge is 0.464 e. The molecule has 0 radical (unpaired) electrons. The Morgan fingerprint density at radius 3 is 2.60 bits per heavy atom. The third-order valence-electron chi connectivity index (χ3n) is 3.55. The van der Waals surface area contributed by atoms with Crippen LogP contribution in [0.25, 0.3) is 0 Å². The molecule has 0 saturated carbocycles. The van der Waals surface area contributed by atoms with E-state index in [1.165, 1.54) is 4.90 Å². The molecule has 25 heavy (non-hydrogen) atoms. The van der Waals surface area contributed by atoms with Gasteiger partial charge in [-0.25, -0.2) is 9.78 Å². The molecule has 1 N–H and O–H groups in total. The third-order valence-corrected chi connectivity index (χ3v) is 3.55. The van der Waals surface area contributed by atoms with Crippen LogP contribution in [0.1, 0.15) is 17.1 Å². The van der Waals surface area contributed by atoms with Crippen molar-refractivity contribution in [2.75, 3.05) is 10.2 Å². The van der Waals surface area contributed by atoms with Gasteiger partial charge in [0.05, 0.1) is 18.2 Å². The molecule has 0 atom stereocenters. The van der Waals surface area contributed by atoms with E-state index in [9.17, 15) is 4.79 Å². The zero-order valence-corrected chi connectivity index (χ0v) is 13.6. The fourth-order valence-corrected chi connectivity index (χ4v) is 2.32. The van der Waals surface area contributed by atoms with Gasteiger partial charge >= 0.3 is 6.03 Å². The highest BCUT2D eigenvalue weighted by Gasteiger charge is 2.19. The molecule has 6 nitrogen and oxygen atoms in total. The molecule has 0 saturated heterocycles. The fraction of sp³-hybridized carbons (Fsp3) is 0.105. The molecule has 2 heterocycles. The summed E-state index contributed by atoms with van der Waals surface area (Å²) in [5, 5.41) is 11.7. The average Bonchev–Trinajstić information content (AvgIpc) is 3.06. The summed E-state index contributed by atoms with van der Waals surface area (Å²) in [5.74, 6) is 1.96. The van der Waals surface area contributed by atoms with Gasteiger partial charge < -0.3 is 9.73 Å². The van der Waals surface area contributed by atoms with Crippen LogP contribution in [0.3, 0.4) is 0 Å². The maximum atomic E-state index is 12.7. The number of nitrogens with one attached hydrogen (secondary N) is 1. The summed E-state index contributed by atoms with van der Waals surface area (Å²) in [6, 6.07) is 17.4. The molecule has 0 aliphatic heterocycles. The monoisotopic (exact) mass is 332 g/mol. The Kier molecular flexibility index (Phi) is 4.77. The second-order valence-electron chi connectivity index (χ2n) is 5.41. The second kappa shape index (κ2) is 7.32. The van der Waals surface area contributed by atoms with Gasteiger partial charge in [-0.05, 0) is 55.5 Å². The number of furan rings is 1. The number of anilines is 2. The lowest BCUT2D eigenvalue weighted by Gasteiger charge is -2.21. The van der Waals surface area contributed by atoms with Crippen molar-refractivity contribution in [3.63, 3.8) is 0 Å². The van der Waals surface area contributed by atoms with Crippen molar-refractivity contribution >= 4 is 17.5 Å². The summed E-state index contributed by atoms with van der Waals surface area (Å²) in [4.78, 5) is 18.5. The van der Waals surface area contributed by atoms with Crippen molar-refractivity contribution < 1.29 is 9.21 Å². The predicted molar refractivity (Wildman–Crippen MR) is 94.0 cm³/mol. The number of nitrogens with zero attached hydrogens (tertiary/aromatic N) is 3. The lowest BCUT2D eigenvalue weighted by Crippen LogP contribution is -2.35. The van der Waals surface area contributed by atoms with E-state index in [1.54, 1.807) is 42.6 Å². The molecule has 0 spiro atoms. The fourth-order valence-electron chi connectivity index (χ4n) is 2.32. The summed E-state index contributed by atoms with van der Waals surface area (Å²) in [6.45, 7) is 2.11. The number of urea groups is 1. The van der Waals surface area contributed by atoms with Crippen LogP contribution in [0.15, 0.2) is 65.2 Å². The highest BCUT2D eigenvalue weighted by Crippen LogP contribution is 2.18. The molecule has 124 valence electrons. The normalized spacial score (nSPS) is 10.1. The van der Waals surface area contributed by atoms with Gasteiger partial charge in [0.1, 0.15) is 17.3 Å². The van der Waals surface area contributed by atoms with Crippen molar-refractivity contribution in [2.24, 2.45) is 0 Å². The Morgan fingerprint density at radius 2 is 2.00 bits per heavy atom. The van der Waals surface area contributed by atoms with E-state index in [1.807, 2.05) is 31.2 Å². The number of nitriles is 1. The quantitative estimate of drug-likeness (QED) is 0.780. The van der Waals surface area contributed by atoms with Gasteiger partial charge in [-0.15, -0.1) is 0 Å². The third kappa shape index (κ3) is 4.03. The molecule has 2 aromatic heterocycles. The molecule has 0 aliphatic rings. The first-order chi connectivity index (χ1) is 12.2. The Bertz CT molecular complexity index is 895. The number of aryl methyl sites for hydroxylation is 1. The van der Waals surface area contributed by atoms with Gasteiger partial charge in [-0.2, -0.15) is 5.26 Å². The van der Waals surface area contributed by atoms with E-state index in [0.717, 1.165) is 5.76 Å². The van der Waals surface area contributed by atoms with Gasteiger partial charge in [-0.3, -0.25) is 4.90 Å². The number of aromatic nitrogens is 1. The molecule has 0 bridgehead atoms. The van der Waals surface area contributed by atoms with Crippen LogP contribution in [0.2, 0.25) is 0 Å². The van der Waals surface area contributed by atoms with Gasteiger partial charge in [0.15, 0.2) is 0 Å². The topological polar surface area (TPSA) is 82.2 Å². The Labute approximate surface area is 145 Å². The van der Waals surface area contributed by atoms with E-state index in [2.05, 4.69) is 10.3 Å². The first-order valence-electron chi connectivity index (χ1n) is 7.71. The highest BCUT2D eigenvalue weighted by atomic mass is 16.3. The van der Waals surface area contributed by atoms with Gasteiger partial charge in [0.2, 0.25) is 0 Å². The number of rotatable bonds is 4. The lowest BCUT2D eigenvalue weighted by atomic mass is 10.2.